The topological polar surface area (TPSA) is 52.6 Å². The van der Waals surface area contributed by atoms with Crippen LogP contribution in [0.15, 0.2) is 48.5 Å². The van der Waals surface area contributed by atoms with Crippen molar-refractivity contribution in [2.45, 2.75) is 129 Å². The molecule has 2 aromatic rings. The lowest BCUT2D eigenvalue weighted by Crippen LogP contribution is -2.07. The van der Waals surface area contributed by atoms with Crippen LogP contribution in [-0.4, -0.2) is 18.5 Å². The highest BCUT2D eigenvalue weighted by Gasteiger charge is 2.08. The van der Waals surface area contributed by atoms with Gasteiger partial charge in [0, 0.05) is 6.42 Å². The Hall–Kier alpha value is -2.62. The van der Waals surface area contributed by atoms with Gasteiger partial charge in [0.1, 0.15) is 5.75 Å². The second kappa shape index (κ2) is 21.2. The molecule has 216 valence electrons. The highest BCUT2D eigenvalue weighted by Crippen LogP contribution is 2.23. The van der Waals surface area contributed by atoms with Gasteiger partial charge in [0.05, 0.1) is 12.2 Å². The van der Waals surface area contributed by atoms with Gasteiger partial charge in [-0.1, -0.05) is 134 Å². The summed E-state index contributed by atoms with van der Waals surface area (Å²) in [6.07, 6.45) is 22.0. The van der Waals surface area contributed by atoms with Crippen molar-refractivity contribution in [2.24, 2.45) is 0 Å². The maximum Gasteiger partial charge on any atom is 0.338 e. The molecule has 2 rings (SSSR count). The minimum atomic E-state index is -0.286. The quantitative estimate of drug-likeness (QED) is 0.0853. The van der Waals surface area contributed by atoms with Crippen molar-refractivity contribution in [2.75, 3.05) is 6.61 Å². The molecule has 0 aliphatic carbocycles. The molecule has 0 aliphatic rings. The molecule has 0 saturated carbocycles. The fourth-order valence-corrected chi connectivity index (χ4v) is 4.73. The molecule has 0 spiro atoms. The Labute approximate surface area is 237 Å². The molecule has 4 heteroatoms. The van der Waals surface area contributed by atoms with Gasteiger partial charge in [0.2, 0.25) is 0 Å². The zero-order valence-corrected chi connectivity index (χ0v) is 24.7. The van der Waals surface area contributed by atoms with Crippen molar-refractivity contribution in [1.82, 2.24) is 0 Å². The van der Waals surface area contributed by atoms with Crippen molar-refractivity contribution in [3.8, 4) is 16.9 Å². The number of hydrogen-bond acceptors (Lipinski definition) is 4. The first-order chi connectivity index (χ1) is 19.1. The molecule has 0 aromatic heterocycles. The van der Waals surface area contributed by atoms with Crippen LogP contribution in [0, 0.1) is 0 Å². The standard InChI is InChI=1S/C35H52O4/c1-3-5-7-8-9-10-11-12-13-14-15-16-17-18-19-20-34(36)39-33-27-25-31(26-28-33)30-21-23-32(24-22-30)35(37)38-29-6-4-2/h21-28H,3-20,29H2,1-2H3. The van der Waals surface area contributed by atoms with Gasteiger partial charge in [0.15, 0.2) is 0 Å². The number of benzene rings is 2. The molecule has 39 heavy (non-hydrogen) atoms. The van der Waals surface area contributed by atoms with Crippen LogP contribution < -0.4 is 4.74 Å². The van der Waals surface area contributed by atoms with Gasteiger partial charge >= 0.3 is 11.9 Å². The van der Waals surface area contributed by atoms with Crippen LogP contribution in [0.3, 0.4) is 0 Å². The van der Waals surface area contributed by atoms with Crippen molar-refractivity contribution in [3.63, 3.8) is 0 Å². The predicted octanol–water partition coefficient (Wildman–Crippen LogP) is 10.5. The molecule has 0 saturated heterocycles. The SMILES string of the molecule is CCCCCCCCCCCCCCCCCC(=O)Oc1ccc(-c2ccc(C(=O)OCCCC)cc2)cc1. The average Bonchev–Trinajstić information content (AvgIpc) is 2.95. The Bertz CT molecular complexity index is 901. The van der Waals surface area contributed by atoms with E-state index in [1.54, 1.807) is 12.1 Å². The summed E-state index contributed by atoms with van der Waals surface area (Å²) in [6, 6.07) is 14.9. The van der Waals surface area contributed by atoms with Gasteiger partial charge in [-0.25, -0.2) is 4.79 Å². The third kappa shape index (κ3) is 14.9. The predicted molar refractivity (Wildman–Crippen MR) is 162 cm³/mol. The smallest absolute Gasteiger partial charge is 0.338 e. The molecular formula is C35H52O4. The van der Waals surface area contributed by atoms with Gasteiger partial charge in [-0.2, -0.15) is 0 Å². The molecule has 0 unspecified atom stereocenters. The Morgan fingerprint density at radius 2 is 0.974 bits per heavy atom. The highest BCUT2D eigenvalue weighted by atomic mass is 16.5. The van der Waals surface area contributed by atoms with E-state index in [-0.39, 0.29) is 11.9 Å². The Balaban J connectivity index is 1.52. The van der Waals surface area contributed by atoms with E-state index in [9.17, 15) is 9.59 Å². The summed E-state index contributed by atoms with van der Waals surface area (Å²) in [7, 11) is 0. The molecule has 0 N–H and O–H groups in total. The first-order valence-corrected chi connectivity index (χ1v) is 15.7. The van der Waals surface area contributed by atoms with Gasteiger partial charge < -0.3 is 9.47 Å². The van der Waals surface area contributed by atoms with Crippen LogP contribution in [0.2, 0.25) is 0 Å². The van der Waals surface area contributed by atoms with Crippen LogP contribution in [0.5, 0.6) is 5.75 Å². The van der Waals surface area contributed by atoms with E-state index >= 15 is 0 Å². The van der Waals surface area contributed by atoms with Crippen molar-refractivity contribution >= 4 is 11.9 Å². The molecule has 0 heterocycles. The van der Waals surface area contributed by atoms with Crippen molar-refractivity contribution in [1.29, 1.82) is 0 Å². The Morgan fingerprint density at radius 1 is 0.538 bits per heavy atom. The molecule has 0 amide bonds. The van der Waals surface area contributed by atoms with Gasteiger partial charge in [-0.3, -0.25) is 4.79 Å². The number of esters is 2. The number of rotatable bonds is 22. The van der Waals surface area contributed by atoms with Crippen LogP contribution in [0.4, 0.5) is 0 Å². The maximum absolute atomic E-state index is 12.2. The Morgan fingerprint density at radius 3 is 1.46 bits per heavy atom. The number of carbonyl (C=O) groups is 2. The molecule has 0 fully saturated rings. The van der Waals surface area contributed by atoms with E-state index in [4.69, 9.17) is 9.47 Å². The summed E-state index contributed by atoms with van der Waals surface area (Å²) in [5, 5.41) is 0. The summed E-state index contributed by atoms with van der Waals surface area (Å²) >= 11 is 0. The third-order valence-corrected chi connectivity index (χ3v) is 7.26. The summed E-state index contributed by atoms with van der Waals surface area (Å²) in [5.41, 5.74) is 2.55. The average molecular weight is 537 g/mol. The molecule has 0 bridgehead atoms. The second-order valence-electron chi connectivity index (χ2n) is 10.8. The van der Waals surface area contributed by atoms with Gasteiger partial charge in [-0.05, 0) is 48.2 Å². The summed E-state index contributed by atoms with van der Waals surface area (Å²) in [6.45, 7) is 4.79. The minimum absolute atomic E-state index is 0.164. The molecule has 0 radical (unpaired) electrons. The lowest BCUT2D eigenvalue weighted by molar-refractivity contribution is -0.134. The van der Waals surface area contributed by atoms with E-state index in [2.05, 4.69) is 13.8 Å². The van der Waals surface area contributed by atoms with Crippen molar-refractivity contribution < 1.29 is 19.1 Å². The first kappa shape index (κ1) is 32.6. The second-order valence-corrected chi connectivity index (χ2v) is 10.8. The van der Waals surface area contributed by atoms with Crippen LogP contribution in [0.1, 0.15) is 140 Å². The van der Waals surface area contributed by atoms with Crippen LogP contribution in [-0.2, 0) is 9.53 Å². The molecular weight excluding hydrogens is 484 g/mol. The summed E-state index contributed by atoms with van der Waals surface area (Å²) in [5.74, 6) is 0.121. The largest absolute Gasteiger partial charge is 0.462 e. The first-order valence-electron chi connectivity index (χ1n) is 15.7. The summed E-state index contributed by atoms with van der Waals surface area (Å²) in [4.78, 5) is 24.3. The molecule has 4 nitrogen and oxygen atoms in total. The van der Waals surface area contributed by atoms with E-state index in [1.165, 1.54) is 83.5 Å². The maximum atomic E-state index is 12.2. The van der Waals surface area contributed by atoms with Gasteiger partial charge in [0.25, 0.3) is 0 Å². The van der Waals surface area contributed by atoms with E-state index < -0.39 is 0 Å². The lowest BCUT2D eigenvalue weighted by Gasteiger charge is -2.08. The number of unbranched alkanes of at least 4 members (excludes halogenated alkanes) is 15. The van der Waals surface area contributed by atoms with E-state index in [0.717, 1.165) is 36.8 Å². The Kier molecular flexibility index (Phi) is 17.7. The van der Waals surface area contributed by atoms with Gasteiger partial charge in [-0.15, -0.1) is 0 Å². The summed E-state index contributed by atoms with van der Waals surface area (Å²) < 4.78 is 10.8. The number of carbonyl (C=O) groups excluding carboxylic acids is 2. The van der Waals surface area contributed by atoms with Crippen molar-refractivity contribution in [3.05, 3.63) is 54.1 Å². The minimum Gasteiger partial charge on any atom is -0.462 e. The highest BCUT2D eigenvalue weighted by molar-refractivity contribution is 5.90. The molecule has 2 aromatic carbocycles. The van der Waals surface area contributed by atoms with E-state index in [1.807, 2.05) is 36.4 Å². The monoisotopic (exact) mass is 536 g/mol. The lowest BCUT2D eigenvalue weighted by atomic mass is 10.0. The third-order valence-electron chi connectivity index (χ3n) is 7.26. The zero-order valence-electron chi connectivity index (χ0n) is 24.7. The van der Waals surface area contributed by atoms with E-state index in [0.29, 0.717) is 24.3 Å². The number of ether oxygens (including phenoxy) is 2. The van der Waals surface area contributed by atoms with Crippen LogP contribution in [0.25, 0.3) is 11.1 Å². The number of hydrogen-bond donors (Lipinski definition) is 0. The normalized spacial score (nSPS) is 10.9. The molecule has 0 aliphatic heterocycles. The van der Waals surface area contributed by atoms with Crippen LogP contribution >= 0.6 is 0 Å². The zero-order chi connectivity index (χ0) is 28.0. The molecule has 0 atom stereocenters. The fraction of sp³-hybridized carbons (Fsp3) is 0.600. The fourth-order valence-electron chi connectivity index (χ4n) is 4.73.